The van der Waals surface area contributed by atoms with E-state index in [2.05, 4.69) is 56.4 Å². The van der Waals surface area contributed by atoms with Crippen LogP contribution in [0, 0.1) is 13.8 Å². The minimum atomic E-state index is 0.451. The van der Waals surface area contributed by atoms with Crippen LogP contribution in [0.1, 0.15) is 30.5 Å². The van der Waals surface area contributed by atoms with Crippen molar-refractivity contribution in [1.29, 1.82) is 0 Å². The highest BCUT2D eigenvalue weighted by Crippen LogP contribution is 2.27. The van der Waals surface area contributed by atoms with E-state index < -0.39 is 0 Å². The van der Waals surface area contributed by atoms with Gasteiger partial charge in [0, 0.05) is 23.7 Å². The third-order valence-electron chi connectivity index (χ3n) is 2.97. The molecule has 0 saturated heterocycles. The van der Waals surface area contributed by atoms with Gasteiger partial charge in [-0.25, -0.2) is 0 Å². The van der Waals surface area contributed by atoms with Crippen molar-refractivity contribution in [1.82, 2.24) is 10.5 Å². The molecule has 0 saturated carbocycles. The summed E-state index contributed by atoms with van der Waals surface area (Å²) in [4.78, 5) is 0. The number of rotatable bonds is 4. The second-order valence-corrected chi connectivity index (χ2v) is 5.03. The molecule has 0 atom stereocenters. The Kier molecular flexibility index (Phi) is 3.82. The normalized spacial score (nSPS) is 11.2. The Hall–Kier alpha value is -1.61. The minimum Gasteiger partial charge on any atom is -0.356 e. The van der Waals surface area contributed by atoms with E-state index in [4.69, 9.17) is 4.52 Å². The molecule has 1 N–H and O–H groups in total. The molecule has 0 aliphatic rings. The summed E-state index contributed by atoms with van der Waals surface area (Å²) >= 11 is 0. The molecule has 0 bridgehead atoms. The quantitative estimate of drug-likeness (QED) is 0.895. The lowest BCUT2D eigenvalue weighted by Gasteiger charge is -2.09. The molecule has 96 valence electrons. The number of benzene rings is 1. The first-order valence-electron chi connectivity index (χ1n) is 6.32. The summed E-state index contributed by atoms with van der Waals surface area (Å²) in [6, 6.07) is 6.82. The second-order valence-electron chi connectivity index (χ2n) is 5.03. The highest BCUT2D eigenvalue weighted by atomic mass is 16.5. The fraction of sp³-hybridized carbons (Fsp3) is 0.400. The molecule has 0 unspecified atom stereocenters. The molecule has 1 heterocycles. The molecule has 3 nitrogen and oxygen atoms in total. The van der Waals surface area contributed by atoms with E-state index in [1.54, 1.807) is 6.20 Å². The van der Waals surface area contributed by atoms with Gasteiger partial charge in [0.15, 0.2) is 5.76 Å². The van der Waals surface area contributed by atoms with Crippen molar-refractivity contribution in [2.24, 2.45) is 0 Å². The van der Waals surface area contributed by atoms with Gasteiger partial charge in [0.2, 0.25) is 0 Å². The largest absolute Gasteiger partial charge is 0.356 e. The van der Waals surface area contributed by atoms with Gasteiger partial charge in [-0.05, 0) is 19.4 Å². The summed E-state index contributed by atoms with van der Waals surface area (Å²) in [5, 5.41) is 7.31. The number of aromatic nitrogens is 1. The van der Waals surface area contributed by atoms with Crippen LogP contribution in [0.15, 0.2) is 28.9 Å². The third kappa shape index (κ3) is 2.79. The lowest BCUT2D eigenvalue weighted by molar-refractivity contribution is 0.431. The van der Waals surface area contributed by atoms with Crippen LogP contribution in [0.3, 0.4) is 0 Å². The van der Waals surface area contributed by atoms with Crippen LogP contribution in [0.5, 0.6) is 0 Å². The predicted molar refractivity (Wildman–Crippen MR) is 73.4 cm³/mol. The first-order chi connectivity index (χ1) is 8.58. The van der Waals surface area contributed by atoms with Crippen LogP contribution < -0.4 is 5.32 Å². The maximum Gasteiger partial charge on any atom is 0.171 e. The van der Waals surface area contributed by atoms with Gasteiger partial charge in [0.05, 0.1) is 6.20 Å². The molecule has 18 heavy (non-hydrogen) atoms. The van der Waals surface area contributed by atoms with Gasteiger partial charge < -0.3 is 9.84 Å². The highest BCUT2D eigenvalue weighted by Gasteiger charge is 2.13. The van der Waals surface area contributed by atoms with Crippen LogP contribution in [0.25, 0.3) is 11.3 Å². The van der Waals surface area contributed by atoms with Crippen molar-refractivity contribution in [2.45, 2.75) is 40.3 Å². The fourth-order valence-corrected chi connectivity index (χ4v) is 1.99. The summed E-state index contributed by atoms with van der Waals surface area (Å²) in [7, 11) is 0. The summed E-state index contributed by atoms with van der Waals surface area (Å²) in [6.07, 6.45) is 1.80. The molecule has 2 aromatic rings. The van der Waals surface area contributed by atoms with Crippen LogP contribution in [-0.2, 0) is 6.54 Å². The first kappa shape index (κ1) is 12.8. The second kappa shape index (κ2) is 5.36. The maximum atomic E-state index is 5.41. The molecule has 1 aromatic heterocycles. The lowest BCUT2D eigenvalue weighted by atomic mass is 10.0. The summed E-state index contributed by atoms with van der Waals surface area (Å²) < 4.78 is 5.41. The number of hydrogen-bond acceptors (Lipinski definition) is 3. The average molecular weight is 244 g/mol. The Balaban J connectivity index is 2.30. The van der Waals surface area contributed by atoms with Crippen molar-refractivity contribution in [3.63, 3.8) is 0 Å². The van der Waals surface area contributed by atoms with Crippen molar-refractivity contribution >= 4 is 0 Å². The molecule has 0 spiro atoms. The van der Waals surface area contributed by atoms with E-state index in [-0.39, 0.29) is 0 Å². The molecule has 0 amide bonds. The molecular formula is C15H20N2O. The van der Waals surface area contributed by atoms with Gasteiger partial charge in [-0.3, -0.25) is 0 Å². The standard InChI is InChI=1S/C15H20N2O/c1-10(2)16-8-13-9-17-18-15(13)14-6-5-11(3)7-12(14)4/h5-7,9-10,16H,8H2,1-4H3. The lowest BCUT2D eigenvalue weighted by Crippen LogP contribution is -2.21. The van der Waals surface area contributed by atoms with Crippen LogP contribution in [-0.4, -0.2) is 11.2 Å². The molecular weight excluding hydrogens is 224 g/mol. The smallest absolute Gasteiger partial charge is 0.171 e. The number of nitrogens with zero attached hydrogens (tertiary/aromatic N) is 1. The van der Waals surface area contributed by atoms with Gasteiger partial charge in [-0.1, -0.05) is 42.8 Å². The van der Waals surface area contributed by atoms with Gasteiger partial charge in [-0.2, -0.15) is 0 Å². The van der Waals surface area contributed by atoms with Crippen LogP contribution >= 0.6 is 0 Å². The van der Waals surface area contributed by atoms with Gasteiger partial charge in [0.1, 0.15) is 0 Å². The Morgan fingerprint density at radius 1 is 1.28 bits per heavy atom. The molecule has 1 aromatic carbocycles. The third-order valence-corrected chi connectivity index (χ3v) is 2.97. The van der Waals surface area contributed by atoms with Gasteiger partial charge in [-0.15, -0.1) is 0 Å². The summed E-state index contributed by atoms with van der Waals surface area (Å²) in [6.45, 7) is 9.24. The van der Waals surface area contributed by atoms with Crippen molar-refractivity contribution < 1.29 is 4.52 Å². The fourth-order valence-electron chi connectivity index (χ4n) is 1.99. The van der Waals surface area contributed by atoms with Crippen molar-refractivity contribution in [2.75, 3.05) is 0 Å². The average Bonchev–Trinajstić information content (AvgIpc) is 2.74. The Bertz CT molecular complexity index is 529. The SMILES string of the molecule is Cc1ccc(-c2oncc2CNC(C)C)c(C)c1. The zero-order valence-corrected chi connectivity index (χ0v) is 11.4. The van der Waals surface area contributed by atoms with Crippen molar-refractivity contribution in [3.05, 3.63) is 41.1 Å². The van der Waals surface area contributed by atoms with E-state index in [9.17, 15) is 0 Å². The minimum absolute atomic E-state index is 0.451. The van der Waals surface area contributed by atoms with E-state index in [1.807, 2.05) is 0 Å². The van der Waals surface area contributed by atoms with E-state index in [0.717, 1.165) is 23.4 Å². The summed E-state index contributed by atoms with van der Waals surface area (Å²) in [5.74, 6) is 0.876. The van der Waals surface area contributed by atoms with Crippen LogP contribution in [0.2, 0.25) is 0 Å². The molecule has 0 aliphatic carbocycles. The first-order valence-corrected chi connectivity index (χ1v) is 6.32. The van der Waals surface area contributed by atoms with E-state index >= 15 is 0 Å². The van der Waals surface area contributed by atoms with E-state index in [0.29, 0.717) is 6.04 Å². The molecule has 0 radical (unpaired) electrons. The monoisotopic (exact) mass is 244 g/mol. The molecule has 0 aliphatic heterocycles. The zero-order valence-electron chi connectivity index (χ0n) is 11.4. The number of aryl methyl sites for hydroxylation is 2. The number of hydrogen-bond donors (Lipinski definition) is 1. The topological polar surface area (TPSA) is 38.1 Å². The number of nitrogens with one attached hydrogen (secondary N) is 1. The predicted octanol–water partition coefficient (Wildman–Crippen LogP) is 3.46. The zero-order chi connectivity index (χ0) is 13.1. The van der Waals surface area contributed by atoms with Crippen LogP contribution in [0.4, 0.5) is 0 Å². The Morgan fingerprint density at radius 3 is 2.72 bits per heavy atom. The Labute approximate surface area is 108 Å². The van der Waals surface area contributed by atoms with Gasteiger partial charge >= 0.3 is 0 Å². The molecule has 0 fully saturated rings. The highest BCUT2D eigenvalue weighted by molar-refractivity contribution is 5.65. The summed E-state index contributed by atoms with van der Waals surface area (Å²) in [5.41, 5.74) is 4.71. The molecule has 2 rings (SSSR count). The molecule has 3 heteroatoms. The van der Waals surface area contributed by atoms with Crippen molar-refractivity contribution in [3.8, 4) is 11.3 Å². The Morgan fingerprint density at radius 2 is 2.06 bits per heavy atom. The van der Waals surface area contributed by atoms with Gasteiger partial charge in [0.25, 0.3) is 0 Å². The van der Waals surface area contributed by atoms with E-state index in [1.165, 1.54) is 11.1 Å². The maximum absolute atomic E-state index is 5.41.